The molecule has 3 rings (SSSR count). The van der Waals surface area contributed by atoms with Gasteiger partial charge in [-0.2, -0.15) is 0 Å². The summed E-state index contributed by atoms with van der Waals surface area (Å²) in [5.41, 5.74) is 1.25. The van der Waals surface area contributed by atoms with E-state index in [1.165, 1.54) is 18.8 Å². The van der Waals surface area contributed by atoms with Crippen LogP contribution in [0.15, 0.2) is 23.3 Å². The smallest absolute Gasteiger partial charge is 0.341 e. The van der Waals surface area contributed by atoms with Crippen molar-refractivity contribution in [2.45, 2.75) is 32.1 Å². The summed E-state index contributed by atoms with van der Waals surface area (Å²) in [6.45, 7) is 0. The number of allylic oxidation sites excluding steroid dienone is 3. The second-order valence-electron chi connectivity index (χ2n) is 5.82. The third-order valence-electron chi connectivity index (χ3n) is 4.83. The molecular weight excluding hydrogens is 256 g/mol. The van der Waals surface area contributed by atoms with Crippen LogP contribution in [0.4, 0.5) is 0 Å². The minimum Gasteiger partial charge on any atom is -0.465 e. The third kappa shape index (κ3) is 1.94. The van der Waals surface area contributed by atoms with Gasteiger partial charge in [-0.25, -0.2) is 4.79 Å². The molecule has 0 spiro atoms. The number of rotatable bonds is 1. The molecule has 0 N–H and O–H groups in total. The van der Waals surface area contributed by atoms with Gasteiger partial charge in [0.25, 0.3) is 0 Å². The molecule has 0 bridgehead atoms. The molecule has 0 radical (unpaired) electrons. The Bertz CT molecular complexity index is 541. The lowest BCUT2D eigenvalue weighted by molar-refractivity contribution is -0.141. The largest absolute Gasteiger partial charge is 0.465 e. The molecule has 0 aliphatic heterocycles. The summed E-state index contributed by atoms with van der Waals surface area (Å²) in [4.78, 5) is 36.5. The van der Waals surface area contributed by atoms with Crippen LogP contribution in [0.2, 0.25) is 0 Å². The van der Waals surface area contributed by atoms with Crippen molar-refractivity contribution < 1.29 is 19.1 Å². The van der Waals surface area contributed by atoms with Crippen LogP contribution >= 0.6 is 0 Å². The Kier molecular flexibility index (Phi) is 3.32. The van der Waals surface area contributed by atoms with Crippen molar-refractivity contribution >= 4 is 17.5 Å². The van der Waals surface area contributed by atoms with E-state index >= 15 is 0 Å². The Morgan fingerprint density at radius 1 is 1.25 bits per heavy atom. The fourth-order valence-electron chi connectivity index (χ4n) is 3.86. The normalized spacial score (nSPS) is 32.8. The number of hydrogen-bond acceptors (Lipinski definition) is 4. The zero-order chi connectivity index (χ0) is 14.3. The van der Waals surface area contributed by atoms with Gasteiger partial charge in [-0.1, -0.05) is 18.1 Å². The molecule has 106 valence electrons. The van der Waals surface area contributed by atoms with E-state index in [1.807, 2.05) is 0 Å². The van der Waals surface area contributed by atoms with Crippen LogP contribution in [0.25, 0.3) is 0 Å². The highest BCUT2D eigenvalue weighted by Gasteiger charge is 2.47. The van der Waals surface area contributed by atoms with Crippen LogP contribution in [-0.4, -0.2) is 24.6 Å². The van der Waals surface area contributed by atoms with E-state index in [4.69, 9.17) is 0 Å². The fourth-order valence-corrected chi connectivity index (χ4v) is 3.86. The van der Waals surface area contributed by atoms with E-state index in [1.54, 1.807) is 0 Å². The molecule has 4 heteroatoms. The van der Waals surface area contributed by atoms with Gasteiger partial charge in [-0.3, -0.25) is 9.59 Å². The van der Waals surface area contributed by atoms with E-state index in [0.717, 1.165) is 25.7 Å². The zero-order valence-corrected chi connectivity index (χ0v) is 11.6. The summed E-state index contributed by atoms with van der Waals surface area (Å²) in [6.07, 6.45) is 8.18. The molecule has 0 saturated heterocycles. The maximum Gasteiger partial charge on any atom is 0.341 e. The minimum absolute atomic E-state index is 0.0643. The van der Waals surface area contributed by atoms with Crippen LogP contribution in [0, 0.1) is 17.8 Å². The second-order valence-corrected chi connectivity index (χ2v) is 5.82. The van der Waals surface area contributed by atoms with Gasteiger partial charge in [0.05, 0.1) is 7.11 Å². The molecule has 3 unspecified atom stereocenters. The van der Waals surface area contributed by atoms with Gasteiger partial charge >= 0.3 is 5.97 Å². The van der Waals surface area contributed by atoms with Crippen LogP contribution in [0.5, 0.6) is 0 Å². The van der Waals surface area contributed by atoms with Gasteiger partial charge in [-0.15, -0.1) is 0 Å². The second kappa shape index (κ2) is 5.00. The first-order chi connectivity index (χ1) is 9.63. The van der Waals surface area contributed by atoms with Crippen molar-refractivity contribution in [3.63, 3.8) is 0 Å². The number of ether oxygens (including phenoxy) is 1. The highest BCUT2D eigenvalue weighted by atomic mass is 16.5. The molecule has 1 fully saturated rings. The topological polar surface area (TPSA) is 60.4 Å². The molecule has 3 atom stereocenters. The van der Waals surface area contributed by atoms with Crippen LogP contribution in [-0.2, 0) is 19.1 Å². The Hall–Kier alpha value is -1.71. The summed E-state index contributed by atoms with van der Waals surface area (Å²) in [5, 5.41) is 0. The molecule has 0 aromatic heterocycles. The van der Waals surface area contributed by atoms with Crippen LogP contribution < -0.4 is 0 Å². The lowest BCUT2D eigenvalue weighted by Gasteiger charge is -2.40. The molecule has 0 heterocycles. The van der Waals surface area contributed by atoms with Crippen LogP contribution in [0.1, 0.15) is 32.1 Å². The van der Waals surface area contributed by atoms with Gasteiger partial charge in [0.1, 0.15) is 5.57 Å². The highest BCUT2D eigenvalue weighted by molar-refractivity contribution is 6.24. The Labute approximate surface area is 117 Å². The molecule has 3 aliphatic carbocycles. The molecule has 1 saturated carbocycles. The summed E-state index contributed by atoms with van der Waals surface area (Å²) in [6, 6.07) is 0. The van der Waals surface area contributed by atoms with Gasteiger partial charge < -0.3 is 4.74 Å². The average Bonchev–Trinajstić information content (AvgIpc) is 2.49. The Morgan fingerprint density at radius 3 is 2.80 bits per heavy atom. The Morgan fingerprint density at radius 2 is 2.05 bits per heavy atom. The number of carbonyl (C=O) groups is 3. The van der Waals surface area contributed by atoms with Crippen molar-refractivity contribution in [2.24, 2.45) is 17.8 Å². The summed E-state index contributed by atoms with van der Waals surface area (Å²) < 4.78 is 4.63. The standard InChI is InChI=1S/C16H18O4/c1-20-16(19)12-8-13(17)11-7-6-9-4-2-3-5-10(9)14(11)15(12)18/h6,8,10-11,14H,2-5,7H2,1H3. The van der Waals surface area contributed by atoms with Crippen LogP contribution in [0.3, 0.4) is 0 Å². The molecule has 3 aliphatic rings. The third-order valence-corrected chi connectivity index (χ3v) is 4.83. The molecule has 0 amide bonds. The van der Waals surface area contributed by atoms with E-state index in [9.17, 15) is 14.4 Å². The number of carbonyl (C=O) groups excluding carboxylic acids is 3. The predicted octanol–water partition coefficient (Wildman–Crippen LogP) is 1.99. The average molecular weight is 274 g/mol. The monoisotopic (exact) mass is 274 g/mol. The van der Waals surface area contributed by atoms with Gasteiger partial charge in [0.15, 0.2) is 11.6 Å². The number of ketones is 2. The predicted molar refractivity (Wildman–Crippen MR) is 71.8 cm³/mol. The minimum atomic E-state index is -0.686. The zero-order valence-electron chi connectivity index (χ0n) is 11.6. The van der Waals surface area contributed by atoms with Crippen molar-refractivity contribution in [3.8, 4) is 0 Å². The van der Waals surface area contributed by atoms with E-state index in [0.29, 0.717) is 6.42 Å². The van der Waals surface area contributed by atoms with Crippen molar-refractivity contribution in [3.05, 3.63) is 23.3 Å². The van der Waals surface area contributed by atoms with E-state index in [-0.39, 0.29) is 34.9 Å². The quantitative estimate of drug-likeness (QED) is 0.417. The number of hydrogen-bond donors (Lipinski definition) is 0. The van der Waals surface area contributed by atoms with Crippen molar-refractivity contribution in [1.82, 2.24) is 0 Å². The first-order valence-electron chi connectivity index (χ1n) is 7.20. The number of fused-ring (bicyclic) bond motifs is 3. The van der Waals surface area contributed by atoms with Crippen molar-refractivity contribution in [2.75, 3.05) is 7.11 Å². The first-order valence-corrected chi connectivity index (χ1v) is 7.20. The lowest BCUT2D eigenvalue weighted by Crippen LogP contribution is -2.44. The number of Topliss-reactive ketones (excluding diaryl/α,β-unsaturated/α-hetero) is 1. The van der Waals surface area contributed by atoms with E-state index in [2.05, 4.69) is 10.8 Å². The molecule has 4 nitrogen and oxygen atoms in total. The van der Waals surface area contributed by atoms with Gasteiger partial charge in [-0.05, 0) is 37.7 Å². The fraction of sp³-hybridized carbons (Fsp3) is 0.562. The van der Waals surface area contributed by atoms with Gasteiger partial charge in [0, 0.05) is 11.8 Å². The summed E-state index contributed by atoms with van der Waals surface area (Å²) in [5.74, 6) is -1.46. The summed E-state index contributed by atoms with van der Waals surface area (Å²) >= 11 is 0. The van der Waals surface area contributed by atoms with E-state index < -0.39 is 5.97 Å². The lowest BCUT2D eigenvalue weighted by atomic mass is 9.61. The molecule has 20 heavy (non-hydrogen) atoms. The number of esters is 1. The summed E-state index contributed by atoms with van der Waals surface area (Å²) in [7, 11) is 1.24. The molecule has 0 aromatic rings. The maximum atomic E-state index is 12.6. The van der Waals surface area contributed by atoms with Crippen molar-refractivity contribution in [1.29, 1.82) is 0 Å². The molecular formula is C16H18O4. The Balaban J connectivity index is 1.98. The number of methoxy groups -OCH3 is 1. The molecule has 0 aromatic carbocycles. The maximum absolute atomic E-state index is 12.6. The first kappa shape index (κ1) is 13.3. The van der Waals surface area contributed by atoms with Gasteiger partial charge in [0.2, 0.25) is 0 Å². The SMILES string of the molecule is COC(=O)C1=CC(=O)C2CC=C3CCCCC3C2C1=O. The highest BCUT2D eigenvalue weighted by Crippen LogP contribution is 2.46.